The molecule has 1 aromatic carbocycles. The molecule has 0 spiro atoms. The van der Waals surface area contributed by atoms with Gasteiger partial charge in [-0.05, 0) is 24.1 Å². The van der Waals surface area contributed by atoms with Crippen LogP contribution in [-0.2, 0) is 6.54 Å². The first-order chi connectivity index (χ1) is 8.22. The van der Waals surface area contributed by atoms with Gasteiger partial charge in [-0.15, -0.1) is 0 Å². The zero-order chi connectivity index (χ0) is 11.8. The van der Waals surface area contributed by atoms with Crippen molar-refractivity contribution < 1.29 is 9.47 Å². The SMILES string of the molecule is N[C@H]1CCN(Cc2cc(Cl)c3c(c2)OCO3)C1. The number of fused-ring (bicyclic) bond motifs is 1. The molecule has 92 valence electrons. The fraction of sp³-hybridized carbons (Fsp3) is 0.500. The highest BCUT2D eigenvalue weighted by atomic mass is 35.5. The first kappa shape index (κ1) is 11.1. The van der Waals surface area contributed by atoms with Crippen LogP contribution in [0.5, 0.6) is 11.5 Å². The molecule has 3 rings (SSSR count). The lowest BCUT2D eigenvalue weighted by Gasteiger charge is -2.15. The molecule has 1 atom stereocenters. The minimum atomic E-state index is 0.257. The Kier molecular flexibility index (Phi) is 2.86. The molecule has 0 amide bonds. The molecule has 0 radical (unpaired) electrons. The van der Waals surface area contributed by atoms with E-state index in [1.54, 1.807) is 0 Å². The van der Waals surface area contributed by atoms with E-state index >= 15 is 0 Å². The van der Waals surface area contributed by atoms with Crippen molar-refractivity contribution in [2.45, 2.75) is 19.0 Å². The average Bonchev–Trinajstić information content (AvgIpc) is 2.87. The number of ether oxygens (including phenoxy) is 2. The second-order valence-electron chi connectivity index (χ2n) is 4.60. The molecule has 2 aliphatic heterocycles. The fourth-order valence-electron chi connectivity index (χ4n) is 2.38. The zero-order valence-corrected chi connectivity index (χ0v) is 10.2. The highest BCUT2D eigenvalue weighted by molar-refractivity contribution is 6.32. The van der Waals surface area contributed by atoms with E-state index in [0.717, 1.165) is 37.4 Å². The van der Waals surface area contributed by atoms with E-state index in [0.29, 0.717) is 16.8 Å². The molecular formula is C12H15ClN2O2. The maximum Gasteiger partial charge on any atom is 0.231 e. The van der Waals surface area contributed by atoms with Crippen molar-refractivity contribution in [1.29, 1.82) is 0 Å². The molecule has 0 saturated carbocycles. The Hall–Kier alpha value is -0.970. The van der Waals surface area contributed by atoms with Crippen molar-refractivity contribution in [2.75, 3.05) is 19.9 Å². The molecule has 17 heavy (non-hydrogen) atoms. The molecule has 0 aromatic heterocycles. The Morgan fingerprint density at radius 2 is 2.29 bits per heavy atom. The zero-order valence-electron chi connectivity index (χ0n) is 9.49. The van der Waals surface area contributed by atoms with Crippen LogP contribution >= 0.6 is 11.6 Å². The van der Waals surface area contributed by atoms with Gasteiger partial charge in [0.25, 0.3) is 0 Å². The number of nitrogens with zero attached hydrogens (tertiary/aromatic N) is 1. The van der Waals surface area contributed by atoms with Crippen LogP contribution in [0.15, 0.2) is 12.1 Å². The average molecular weight is 255 g/mol. The summed E-state index contributed by atoms with van der Waals surface area (Å²) < 4.78 is 10.6. The van der Waals surface area contributed by atoms with Gasteiger partial charge in [-0.2, -0.15) is 0 Å². The van der Waals surface area contributed by atoms with Crippen molar-refractivity contribution in [2.24, 2.45) is 5.73 Å². The van der Waals surface area contributed by atoms with E-state index in [9.17, 15) is 0 Å². The van der Waals surface area contributed by atoms with Crippen LogP contribution in [0, 0.1) is 0 Å². The molecule has 2 N–H and O–H groups in total. The minimum Gasteiger partial charge on any atom is -0.454 e. The summed E-state index contributed by atoms with van der Waals surface area (Å²) in [6.07, 6.45) is 1.07. The first-order valence-corrected chi connectivity index (χ1v) is 6.16. The van der Waals surface area contributed by atoms with Crippen molar-refractivity contribution in [1.82, 2.24) is 4.90 Å². The Bertz CT molecular complexity index is 439. The Morgan fingerprint density at radius 3 is 3.06 bits per heavy atom. The van der Waals surface area contributed by atoms with Crippen LogP contribution in [0.3, 0.4) is 0 Å². The topological polar surface area (TPSA) is 47.7 Å². The van der Waals surface area contributed by atoms with Gasteiger partial charge in [0.2, 0.25) is 6.79 Å². The van der Waals surface area contributed by atoms with Crippen molar-refractivity contribution >= 4 is 11.6 Å². The van der Waals surface area contributed by atoms with Gasteiger partial charge >= 0.3 is 0 Å². The smallest absolute Gasteiger partial charge is 0.231 e. The lowest BCUT2D eigenvalue weighted by molar-refractivity contribution is 0.174. The lowest BCUT2D eigenvalue weighted by atomic mass is 10.2. The van der Waals surface area contributed by atoms with E-state index < -0.39 is 0 Å². The third-order valence-corrected chi connectivity index (χ3v) is 3.48. The molecule has 1 saturated heterocycles. The number of hydrogen-bond acceptors (Lipinski definition) is 4. The van der Waals surface area contributed by atoms with Gasteiger partial charge in [0.15, 0.2) is 11.5 Å². The molecule has 2 aliphatic rings. The number of benzene rings is 1. The first-order valence-electron chi connectivity index (χ1n) is 5.78. The maximum absolute atomic E-state index is 6.14. The summed E-state index contributed by atoms with van der Waals surface area (Å²) in [6, 6.07) is 4.25. The van der Waals surface area contributed by atoms with Crippen molar-refractivity contribution in [3.8, 4) is 11.5 Å². The molecule has 0 unspecified atom stereocenters. The van der Waals surface area contributed by atoms with Crippen molar-refractivity contribution in [3.05, 3.63) is 22.7 Å². The van der Waals surface area contributed by atoms with Gasteiger partial charge < -0.3 is 15.2 Å². The Balaban J connectivity index is 1.77. The second-order valence-corrected chi connectivity index (χ2v) is 5.00. The number of rotatable bonds is 2. The molecule has 1 fully saturated rings. The second kappa shape index (κ2) is 4.37. The van der Waals surface area contributed by atoms with Gasteiger partial charge in [0, 0.05) is 25.7 Å². The van der Waals surface area contributed by atoms with E-state index in [2.05, 4.69) is 4.90 Å². The van der Waals surface area contributed by atoms with E-state index in [1.165, 1.54) is 0 Å². The molecule has 1 aromatic rings. The van der Waals surface area contributed by atoms with Gasteiger partial charge in [-0.25, -0.2) is 0 Å². The molecule has 4 nitrogen and oxygen atoms in total. The third kappa shape index (κ3) is 2.20. The van der Waals surface area contributed by atoms with E-state index in [4.69, 9.17) is 26.8 Å². The minimum absolute atomic E-state index is 0.257. The molecular weight excluding hydrogens is 240 g/mol. The predicted molar refractivity (Wildman–Crippen MR) is 65.4 cm³/mol. The van der Waals surface area contributed by atoms with Crippen LogP contribution in [0.4, 0.5) is 0 Å². The van der Waals surface area contributed by atoms with Gasteiger partial charge in [0.05, 0.1) is 5.02 Å². The van der Waals surface area contributed by atoms with Gasteiger partial charge in [-0.1, -0.05) is 11.6 Å². The van der Waals surface area contributed by atoms with Crippen LogP contribution in [0.25, 0.3) is 0 Å². The van der Waals surface area contributed by atoms with Crippen LogP contribution in [0.1, 0.15) is 12.0 Å². The standard InChI is InChI=1S/C12H15ClN2O2/c13-10-3-8(4-11-12(10)17-7-16-11)5-15-2-1-9(14)6-15/h3-4,9H,1-2,5-7,14H2/t9-/m0/s1. The highest BCUT2D eigenvalue weighted by Gasteiger charge is 2.22. The van der Waals surface area contributed by atoms with Crippen LogP contribution in [0.2, 0.25) is 5.02 Å². The number of hydrogen-bond donors (Lipinski definition) is 1. The van der Waals surface area contributed by atoms with E-state index in [-0.39, 0.29) is 6.79 Å². The Morgan fingerprint density at radius 1 is 1.41 bits per heavy atom. The highest BCUT2D eigenvalue weighted by Crippen LogP contribution is 2.40. The predicted octanol–water partition coefficient (Wildman–Crippen LogP) is 1.60. The summed E-state index contributed by atoms with van der Waals surface area (Å²) in [5.74, 6) is 1.41. The van der Waals surface area contributed by atoms with Crippen LogP contribution in [-0.4, -0.2) is 30.8 Å². The number of halogens is 1. The lowest BCUT2D eigenvalue weighted by Crippen LogP contribution is -2.26. The summed E-state index contributed by atoms with van der Waals surface area (Å²) in [5.41, 5.74) is 7.03. The number of likely N-dealkylation sites (tertiary alicyclic amines) is 1. The molecule has 0 aliphatic carbocycles. The van der Waals surface area contributed by atoms with Gasteiger partial charge in [-0.3, -0.25) is 4.90 Å². The molecule has 5 heteroatoms. The Labute approximate surface area is 105 Å². The van der Waals surface area contributed by atoms with Crippen molar-refractivity contribution in [3.63, 3.8) is 0 Å². The summed E-state index contributed by atoms with van der Waals surface area (Å²) >= 11 is 6.14. The van der Waals surface area contributed by atoms with E-state index in [1.807, 2.05) is 12.1 Å². The molecule has 2 heterocycles. The van der Waals surface area contributed by atoms with Gasteiger partial charge in [0.1, 0.15) is 0 Å². The quantitative estimate of drug-likeness (QED) is 0.871. The largest absolute Gasteiger partial charge is 0.454 e. The maximum atomic E-state index is 6.14. The summed E-state index contributed by atoms with van der Waals surface area (Å²) in [7, 11) is 0. The monoisotopic (exact) mass is 254 g/mol. The molecule has 0 bridgehead atoms. The summed E-state index contributed by atoms with van der Waals surface area (Å²) in [4.78, 5) is 2.33. The summed E-state index contributed by atoms with van der Waals surface area (Å²) in [6.45, 7) is 3.12. The van der Waals surface area contributed by atoms with Crippen LogP contribution < -0.4 is 15.2 Å². The fourth-order valence-corrected chi connectivity index (χ4v) is 2.66. The third-order valence-electron chi connectivity index (χ3n) is 3.20. The normalized spacial score (nSPS) is 23.3. The summed E-state index contributed by atoms with van der Waals surface area (Å²) in [5, 5.41) is 0.624. The number of nitrogens with two attached hydrogens (primary N) is 1.